The second-order valence-corrected chi connectivity index (χ2v) is 36.6. The first-order valence-corrected chi connectivity index (χ1v) is 44.7. The molecule has 1 N–H and O–H groups in total. The normalized spacial score (nSPS) is 13.7. The van der Waals surface area contributed by atoms with Gasteiger partial charge in [-0.05, 0) is 251 Å². The zero-order chi connectivity index (χ0) is 89.2. The van der Waals surface area contributed by atoms with Crippen LogP contribution in [0.1, 0.15) is 405 Å². The number of hydrogen-bond donors (Lipinski definition) is 1. The Morgan fingerprint density at radius 1 is 0.308 bits per heavy atom. The molecular weight excluding hydrogens is 1490 g/mol. The lowest BCUT2D eigenvalue weighted by atomic mass is 9.99. The van der Waals surface area contributed by atoms with Crippen LogP contribution in [-0.2, 0) is 42.6 Å². The minimum absolute atomic E-state index is 0.331. The Morgan fingerprint density at radius 3 is 0.821 bits per heavy atom. The number of para-hydroxylation sites is 2. The van der Waals surface area contributed by atoms with Gasteiger partial charge in [0.25, 0.3) is 0 Å². The molecule has 0 aliphatic heterocycles. The number of nitrogens with one attached hydrogen (secondary N) is 1. The van der Waals surface area contributed by atoms with E-state index in [0.29, 0.717) is 51.0 Å². The van der Waals surface area contributed by atoms with Crippen molar-refractivity contribution in [2.45, 2.75) is 455 Å². The Hall–Kier alpha value is -7.33. The fourth-order valence-electron chi connectivity index (χ4n) is 11.9. The van der Waals surface area contributed by atoms with Crippen LogP contribution in [0.2, 0.25) is 0 Å². The molecule has 0 aromatic heterocycles. The Bertz CT molecular complexity index is 2980. The highest BCUT2D eigenvalue weighted by Gasteiger charge is 2.43. The van der Waals surface area contributed by atoms with E-state index in [2.05, 4.69) is 39.9 Å². The van der Waals surface area contributed by atoms with Crippen molar-refractivity contribution < 1.29 is 85.8 Å². The van der Waals surface area contributed by atoms with Gasteiger partial charge in [0.15, 0.2) is 0 Å². The van der Waals surface area contributed by atoms with Crippen LogP contribution in [0.4, 0.5) is 54.5 Å². The lowest BCUT2D eigenvalue weighted by Crippen LogP contribution is -2.46. The fourth-order valence-corrected chi connectivity index (χ4v) is 11.9. The van der Waals surface area contributed by atoms with Crippen molar-refractivity contribution >= 4 is 66.2 Å². The van der Waals surface area contributed by atoms with Gasteiger partial charge in [-0.2, -0.15) is 4.90 Å². The van der Waals surface area contributed by atoms with Crippen LogP contribution in [0.3, 0.4) is 0 Å². The number of carbonyl (C=O) groups excluding carboxylic acids is 9. The third-order valence-corrected chi connectivity index (χ3v) is 20.6. The van der Waals surface area contributed by atoms with Crippen LogP contribution in [-0.4, -0.2) is 140 Å². The molecule has 0 unspecified atom stereocenters. The van der Waals surface area contributed by atoms with Crippen LogP contribution in [0.5, 0.6) is 0 Å². The van der Waals surface area contributed by atoms with E-state index in [1.54, 1.807) is 93.5 Å². The number of unbranched alkanes of at least 4 members (excludes halogenated alkanes) is 18. The van der Waals surface area contributed by atoms with Crippen molar-refractivity contribution in [3.05, 3.63) is 60.7 Å². The van der Waals surface area contributed by atoms with Gasteiger partial charge in [-0.15, -0.1) is 0 Å². The molecule has 2 aliphatic rings. The molecule has 2 fully saturated rings. The first kappa shape index (κ1) is 110. The molecule has 9 amide bonds. The highest BCUT2D eigenvalue weighted by molar-refractivity contribution is 6.09. The highest BCUT2D eigenvalue weighted by atomic mass is 16.6. The molecule has 4 rings (SSSR count). The molecule has 0 spiro atoms. The summed E-state index contributed by atoms with van der Waals surface area (Å²) in [6, 6.07) is 17.9. The third kappa shape index (κ3) is 50.4. The average molecular weight is 1650 g/mol. The molecule has 2 aliphatic carbocycles. The number of rotatable bonds is 38. The number of nitrogens with zero attached hydrogens (tertiary/aromatic N) is 4. The number of ether oxygens (including phenoxy) is 9. The smallest absolute Gasteiger partial charge is 0.424 e. The van der Waals surface area contributed by atoms with Crippen molar-refractivity contribution in [1.29, 1.82) is 0 Å². The predicted molar refractivity (Wildman–Crippen MR) is 471 cm³/mol. The van der Waals surface area contributed by atoms with Crippen LogP contribution >= 0.6 is 0 Å². The van der Waals surface area contributed by atoms with E-state index in [1.165, 1.54) is 81.9 Å². The van der Waals surface area contributed by atoms with Gasteiger partial charge in [-0.1, -0.05) is 214 Å². The van der Waals surface area contributed by atoms with Gasteiger partial charge in [0, 0.05) is 25.3 Å². The van der Waals surface area contributed by atoms with Crippen molar-refractivity contribution in [2.24, 2.45) is 0 Å². The highest BCUT2D eigenvalue weighted by Crippen LogP contribution is 2.39. The van der Waals surface area contributed by atoms with E-state index < -0.39 is 105 Å². The van der Waals surface area contributed by atoms with Gasteiger partial charge in [0.2, 0.25) is 0 Å². The van der Waals surface area contributed by atoms with Crippen LogP contribution in [0, 0.1) is 0 Å². The summed E-state index contributed by atoms with van der Waals surface area (Å²) in [6.07, 6.45) is 30.4. The molecule has 0 bridgehead atoms. The number of benzene rings is 2. The quantitative estimate of drug-likeness (QED) is 0.0484. The summed E-state index contributed by atoms with van der Waals surface area (Å²) in [7, 11) is 0. The predicted octanol–water partition coefficient (Wildman–Crippen LogP) is 28.5. The second-order valence-electron chi connectivity index (χ2n) is 36.6. The molecule has 2 aromatic rings. The van der Waals surface area contributed by atoms with Crippen molar-refractivity contribution in [1.82, 2.24) is 14.7 Å². The largest absolute Gasteiger partial charge is 0.444 e. The number of hydrogen-bond acceptors (Lipinski definition) is 18. The van der Waals surface area contributed by atoms with Gasteiger partial charge in [0.05, 0.1) is 5.69 Å². The van der Waals surface area contributed by atoms with Gasteiger partial charge in [0.1, 0.15) is 50.4 Å². The topological polar surface area (TPSA) is 262 Å². The Labute approximate surface area is 708 Å². The maximum Gasteiger partial charge on any atom is 0.424 e. The third-order valence-electron chi connectivity index (χ3n) is 20.6. The first-order chi connectivity index (χ1) is 54.6. The Kier molecular flexibility index (Phi) is 52.7. The van der Waals surface area contributed by atoms with E-state index >= 15 is 0 Å². The average Bonchev–Trinajstić information content (AvgIpc) is 1.52. The number of amides is 9. The van der Waals surface area contributed by atoms with Crippen molar-refractivity contribution in [2.75, 3.05) is 29.9 Å². The van der Waals surface area contributed by atoms with Gasteiger partial charge >= 0.3 is 54.8 Å². The van der Waals surface area contributed by atoms with E-state index in [1.807, 2.05) is 113 Å². The van der Waals surface area contributed by atoms with Crippen molar-refractivity contribution in [3.8, 4) is 0 Å². The summed E-state index contributed by atoms with van der Waals surface area (Å²) in [5.74, 6) is 0. The summed E-state index contributed by atoms with van der Waals surface area (Å²) in [4.78, 5) is 117. The molecule has 117 heavy (non-hydrogen) atoms. The summed E-state index contributed by atoms with van der Waals surface area (Å²) >= 11 is 0. The van der Waals surface area contributed by atoms with Gasteiger partial charge in [-0.3, -0.25) is 5.32 Å². The maximum absolute atomic E-state index is 13.1. The Balaban J connectivity index is 0.00000146. The molecule has 2 saturated carbocycles. The lowest BCUT2D eigenvalue weighted by Gasteiger charge is -2.33. The zero-order valence-electron chi connectivity index (χ0n) is 78.3. The maximum atomic E-state index is 13.1. The monoisotopic (exact) mass is 1650 g/mol. The molecular formula is C94H165N5O18. The SMILES string of the molecule is CC(C)(C)OC(=O)Nc1ccccc1.CCC(C)(C)OC(=O)N(C(=O)OC(C)(C)CC)c1ccccc1.CCCCCCCCCN(C(=O)OC(C)(C)C)C(=O)OC(C)(C)C.CCCCCCCCCN(C(=O)OC(C)(C)CC)C(=O)OC(C)(C)CC.CCCCCCCCCN(C(=O)OC1(CC)CCCC1)C(=O)OC1(CC)CCCC1. The first-order valence-electron chi connectivity index (χ1n) is 44.7. The van der Waals surface area contributed by atoms with Gasteiger partial charge in [-0.25, -0.2) is 57.9 Å². The molecule has 674 valence electrons. The number of anilines is 2. The van der Waals surface area contributed by atoms with Crippen molar-refractivity contribution in [3.63, 3.8) is 0 Å². The molecule has 0 atom stereocenters. The van der Waals surface area contributed by atoms with E-state index in [4.69, 9.17) is 42.6 Å². The lowest BCUT2D eigenvalue weighted by molar-refractivity contribution is -0.0300. The molecule has 2 aromatic carbocycles. The Morgan fingerprint density at radius 2 is 0.556 bits per heavy atom. The second kappa shape index (κ2) is 56.2. The molecule has 0 heterocycles. The summed E-state index contributed by atoms with van der Waals surface area (Å²) < 4.78 is 49.6. The van der Waals surface area contributed by atoms with Crippen LogP contribution < -0.4 is 10.2 Å². The molecule has 23 heteroatoms. The summed E-state index contributed by atoms with van der Waals surface area (Å²) in [6.45, 7) is 50.3. The molecule has 0 radical (unpaired) electrons. The van der Waals surface area contributed by atoms with Crippen LogP contribution in [0.25, 0.3) is 0 Å². The van der Waals surface area contributed by atoms with E-state index in [-0.39, 0.29) is 0 Å². The minimum atomic E-state index is -0.736. The number of carbonyl (C=O) groups is 9. The fraction of sp³-hybridized carbons (Fsp3) is 0.777. The molecule has 23 nitrogen and oxygen atoms in total. The van der Waals surface area contributed by atoms with E-state index in [9.17, 15) is 43.2 Å². The summed E-state index contributed by atoms with van der Waals surface area (Å²) in [5.41, 5.74) is -3.91. The van der Waals surface area contributed by atoms with Gasteiger partial charge < -0.3 is 42.6 Å². The minimum Gasteiger partial charge on any atom is -0.444 e. The zero-order valence-corrected chi connectivity index (χ0v) is 78.3. The standard InChI is InChI=1S/C25H45NO4.C21H41NO4.C19H37NO4.C18H27NO4.C11H15NO2/c1-4-7-8-9-10-11-16-21-26(22(27)29-24(5-2)17-12-13-18-24)23(28)30-25(6-3)19-14-15-20-25;1-8-11-12-13-14-15-16-17-22(18(23)25-20(4,5)9-2)19(24)26-21(6,7)10-3;1-8-9-10-11-12-13-14-15-20(16(21)23-18(2,3)4)17(22)24-19(5,6)7;1-7-17(3,4)22-15(20)19(14-12-10-9-11-13-14)16(21)23-18(5,6)8-2;1-11(2,3)14-10(13)12-9-7-5-4-6-8-9/h4-21H2,1-3H3;8-17H2,1-7H3;8-15H2,1-7H3;9-13H,7-8H2,1-6H3;4-8H,1-3H3,(H,12,13). The number of imide groups is 4. The molecule has 0 saturated heterocycles. The van der Waals surface area contributed by atoms with Crippen LogP contribution in [0.15, 0.2) is 60.7 Å². The van der Waals surface area contributed by atoms with E-state index in [0.717, 1.165) is 142 Å². The summed E-state index contributed by atoms with van der Waals surface area (Å²) in [5, 5.41) is 2.64.